The molecule has 0 saturated heterocycles. The summed E-state index contributed by atoms with van der Waals surface area (Å²) in [6, 6.07) is 13.2. The first-order valence-corrected chi connectivity index (χ1v) is 8.71. The quantitative estimate of drug-likeness (QED) is 0.491. The molecule has 8 heteroatoms. The Labute approximate surface area is 161 Å². The molecular weight excluding hydrogens is 358 g/mol. The van der Waals surface area contributed by atoms with Gasteiger partial charge in [-0.05, 0) is 37.1 Å². The fraction of sp³-hybridized carbons (Fsp3) is 0.150. The number of nitro benzene ring substituents is 1. The molecule has 0 fully saturated rings. The van der Waals surface area contributed by atoms with Crippen LogP contribution in [0.4, 0.5) is 22.9 Å². The average molecular weight is 377 g/mol. The summed E-state index contributed by atoms with van der Waals surface area (Å²) in [5.41, 5.74) is 2.83. The van der Waals surface area contributed by atoms with Crippen molar-refractivity contribution in [1.82, 2.24) is 9.97 Å². The Morgan fingerprint density at radius 2 is 1.93 bits per heavy atom. The zero-order valence-corrected chi connectivity index (χ0v) is 15.5. The largest absolute Gasteiger partial charge is 0.340 e. The molecule has 0 unspecified atom stereocenters. The number of anilines is 3. The molecule has 3 aromatic rings. The van der Waals surface area contributed by atoms with Crippen molar-refractivity contribution in [3.63, 3.8) is 0 Å². The van der Waals surface area contributed by atoms with E-state index in [4.69, 9.17) is 0 Å². The molecule has 1 aromatic heterocycles. The van der Waals surface area contributed by atoms with Gasteiger partial charge in [-0.2, -0.15) is 0 Å². The highest BCUT2D eigenvalue weighted by molar-refractivity contribution is 6.07. The van der Waals surface area contributed by atoms with E-state index in [0.717, 1.165) is 16.9 Å². The van der Waals surface area contributed by atoms with Gasteiger partial charge in [0.25, 0.3) is 11.6 Å². The number of nitrogens with zero attached hydrogens (tertiary/aromatic N) is 3. The van der Waals surface area contributed by atoms with Crippen LogP contribution in [0.15, 0.2) is 54.9 Å². The third kappa shape index (κ3) is 4.29. The van der Waals surface area contributed by atoms with Gasteiger partial charge in [-0.15, -0.1) is 0 Å². The summed E-state index contributed by atoms with van der Waals surface area (Å²) >= 11 is 0. The Bertz CT molecular complexity index is 1040. The summed E-state index contributed by atoms with van der Waals surface area (Å²) < 4.78 is 0. The monoisotopic (exact) mass is 377 g/mol. The lowest BCUT2D eigenvalue weighted by Crippen LogP contribution is -2.15. The molecular formula is C20H19N5O3. The van der Waals surface area contributed by atoms with Crippen LogP contribution in [0.1, 0.15) is 28.5 Å². The lowest BCUT2D eigenvalue weighted by Gasteiger charge is -2.13. The Hall–Kier alpha value is -3.81. The number of amides is 1. The van der Waals surface area contributed by atoms with Gasteiger partial charge < -0.3 is 10.6 Å². The van der Waals surface area contributed by atoms with Crippen molar-refractivity contribution in [2.45, 2.75) is 20.3 Å². The molecule has 8 nitrogen and oxygen atoms in total. The lowest BCUT2D eigenvalue weighted by molar-refractivity contribution is -0.385. The normalized spacial score (nSPS) is 10.4. The minimum atomic E-state index is -0.564. The van der Waals surface area contributed by atoms with Crippen molar-refractivity contribution in [3.8, 4) is 0 Å². The number of carbonyl (C=O) groups is 1. The van der Waals surface area contributed by atoms with Crippen molar-refractivity contribution in [2.75, 3.05) is 10.6 Å². The van der Waals surface area contributed by atoms with Crippen LogP contribution >= 0.6 is 0 Å². The van der Waals surface area contributed by atoms with Gasteiger partial charge in [0.2, 0.25) is 0 Å². The molecule has 2 N–H and O–H groups in total. The summed E-state index contributed by atoms with van der Waals surface area (Å²) in [5, 5.41) is 17.2. The molecule has 0 radical (unpaired) electrons. The Balaban J connectivity index is 1.88. The smallest absolute Gasteiger partial charge is 0.282 e. The SMILES string of the molecule is CCc1ccc(Nc2cc(C)ncn2)cc1NC(=O)c1ccccc1[N+](=O)[O-]. The molecule has 1 heterocycles. The van der Waals surface area contributed by atoms with Gasteiger partial charge in [0.05, 0.1) is 4.92 Å². The van der Waals surface area contributed by atoms with Gasteiger partial charge in [-0.3, -0.25) is 14.9 Å². The number of nitrogens with one attached hydrogen (secondary N) is 2. The highest BCUT2D eigenvalue weighted by Crippen LogP contribution is 2.26. The molecule has 0 aliphatic heterocycles. The Morgan fingerprint density at radius 3 is 2.64 bits per heavy atom. The van der Waals surface area contributed by atoms with Crippen molar-refractivity contribution in [3.05, 3.63) is 81.8 Å². The number of para-hydroxylation sites is 1. The molecule has 0 aliphatic rings. The molecule has 28 heavy (non-hydrogen) atoms. The third-order valence-corrected chi connectivity index (χ3v) is 4.16. The minimum absolute atomic E-state index is 0.0133. The number of hydrogen-bond acceptors (Lipinski definition) is 6. The van der Waals surface area contributed by atoms with Gasteiger partial charge in [0, 0.05) is 29.2 Å². The van der Waals surface area contributed by atoms with Crippen LogP contribution in [-0.2, 0) is 6.42 Å². The van der Waals surface area contributed by atoms with Crippen LogP contribution in [0, 0.1) is 17.0 Å². The first kappa shape index (κ1) is 19.0. The highest BCUT2D eigenvalue weighted by Gasteiger charge is 2.20. The maximum absolute atomic E-state index is 12.7. The van der Waals surface area contributed by atoms with E-state index in [2.05, 4.69) is 20.6 Å². The Morgan fingerprint density at radius 1 is 1.14 bits per heavy atom. The fourth-order valence-corrected chi connectivity index (χ4v) is 2.76. The van der Waals surface area contributed by atoms with E-state index in [-0.39, 0.29) is 11.3 Å². The van der Waals surface area contributed by atoms with Gasteiger partial charge in [-0.25, -0.2) is 9.97 Å². The van der Waals surface area contributed by atoms with Crippen molar-refractivity contribution in [1.29, 1.82) is 0 Å². The number of carbonyl (C=O) groups excluding carboxylic acids is 1. The topological polar surface area (TPSA) is 110 Å². The fourth-order valence-electron chi connectivity index (χ4n) is 2.76. The van der Waals surface area contributed by atoms with E-state index in [9.17, 15) is 14.9 Å². The van der Waals surface area contributed by atoms with E-state index in [1.54, 1.807) is 18.2 Å². The minimum Gasteiger partial charge on any atom is -0.340 e. The summed E-state index contributed by atoms with van der Waals surface area (Å²) in [6.07, 6.45) is 2.16. The van der Waals surface area contributed by atoms with E-state index in [1.165, 1.54) is 24.5 Å². The van der Waals surface area contributed by atoms with Crippen molar-refractivity contribution in [2.24, 2.45) is 0 Å². The van der Waals surface area contributed by atoms with Gasteiger partial charge in [-0.1, -0.05) is 25.1 Å². The molecule has 0 saturated carbocycles. The number of aromatic nitrogens is 2. The van der Waals surface area contributed by atoms with E-state index in [1.807, 2.05) is 26.0 Å². The summed E-state index contributed by atoms with van der Waals surface area (Å²) in [4.78, 5) is 31.5. The molecule has 142 valence electrons. The van der Waals surface area contributed by atoms with E-state index < -0.39 is 10.8 Å². The first-order valence-electron chi connectivity index (χ1n) is 8.71. The number of nitro groups is 1. The van der Waals surface area contributed by atoms with Crippen molar-refractivity contribution >= 4 is 28.8 Å². The number of hydrogen-bond donors (Lipinski definition) is 2. The highest BCUT2D eigenvalue weighted by atomic mass is 16.6. The van der Waals surface area contributed by atoms with Crippen LogP contribution in [0.5, 0.6) is 0 Å². The summed E-state index contributed by atoms with van der Waals surface area (Å²) in [6.45, 7) is 3.84. The van der Waals surface area contributed by atoms with Gasteiger partial charge in [0.1, 0.15) is 17.7 Å². The van der Waals surface area contributed by atoms with Crippen LogP contribution in [-0.4, -0.2) is 20.8 Å². The van der Waals surface area contributed by atoms with Gasteiger partial charge in [0.15, 0.2) is 0 Å². The van der Waals surface area contributed by atoms with Crippen LogP contribution in [0.2, 0.25) is 0 Å². The number of rotatable bonds is 6. The molecule has 0 aliphatic carbocycles. The summed E-state index contributed by atoms with van der Waals surface area (Å²) in [7, 11) is 0. The van der Waals surface area contributed by atoms with Gasteiger partial charge >= 0.3 is 0 Å². The second-order valence-electron chi connectivity index (χ2n) is 6.12. The zero-order valence-electron chi connectivity index (χ0n) is 15.5. The molecule has 0 atom stereocenters. The average Bonchev–Trinajstić information content (AvgIpc) is 2.68. The second kappa shape index (κ2) is 8.26. The van der Waals surface area contributed by atoms with Crippen LogP contribution in [0.25, 0.3) is 0 Å². The third-order valence-electron chi connectivity index (χ3n) is 4.16. The second-order valence-corrected chi connectivity index (χ2v) is 6.12. The number of benzene rings is 2. The lowest BCUT2D eigenvalue weighted by atomic mass is 10.1. The summed E-state index contributed by atoms with van der Waals surface area (Å²) in [5.74, 6) is 0.102. The zero-order chi connectivity index (χ0) is 20.1. The van der Waals surface area contributed by atoms with Crippen LogP contribution in [0.3, 0.4) is 0 Å². The predicted molar refractivity (Wildman–Crippen MR) is 107 cm³/mol. The predicted octanol–water partition coefficient (Wildman–Crippen LogP) is 4.25. The van der Waals surface area contributed by atoms with E-state index in [0.29, 0.717) is 17.9 Å². The van der Waals surface area contributed by atoms with E-state index >= 15 is 0 Å². The van der Waals surface area contributed by atoms with Crippen molar-refractivity contribution < 1.29 is 9.72 Å². The molecule has 1 amide bonds. The maximum Gasteiger partial charge on any atom is 0.282 e. The van der Waals surface area contributed by atoms with Crippen LogP contribution < -0.4 is 10.6 Å². The molecule has 3 rings (SSSR count). The number of aryl methyl sites for hydroxylation is 2. The first-order chi connectivity index (χ1) is 13.5. The maximum atomic E-state index is 12.7. The molecule has 0 bridgehead atoms. The standard InChI is InChI=1S/C20H19N5O3/c1-3-14-8-9-15(23-19-10-13(2)21-12-22-19)11-17(14)24-20(26)16-6-4-5-7-18(16)25(27)28/h4-12H,3H2,1-2H3,(H,24,26)(H,21,22,23). The molecule has 0 spiro atoms. The molecule has 2 aromatic carbocycles. The Kier molecular flexibility index (Phi) is 5.59.